The van der Waals surface area contributed by atoms with Crippen LogP contribution in [-0.4, -0.2) is 55.1 Å². The van der Waals surface area contributed by atoms with Gasteiger partial charge in [0.1, 0.15) is 5.82 Å². The lowest BCUT2D eigenvalue weighted by Crippen LogP contribution is -2.35. The Morgan fingerprint density at radius 1 is 1.25 bits per heavy atom. The molecule has 1 rings (SSSR count). The van der Waals surface area contributed by atoms with E-state index >= 15 is 0 Å². The predicted octanol–water partition coefficient (Wildman–Crippen LogP) is 2.32. The van der Waals surface area contributed by atoms with Crippen molar-refractivity contribution < 1.29 is 0 Å². The van der Waals surface area contributed by atoms with Crippen LogP contribution in [0.25, 0.3) is 0 Å². The molecule has 0 fully saturated rings. The monoisotopic (exact) mass is 279 g/mol. The minimum Gasteiger partial charge on any atom is -0.355 e. The highest BCUT2D eigenvalue weighted by Crippen LogP contribution is 2.14. The van der Waals surface area contributed by atoms with E-state index in [0.717, 1.165) is 44.4 Å². The summed E-state index contributed by atoms with van der Waals surface area (Å²) in [5.41, 5.74) is 0. The molecule has 0 aliphatic carbocycles. The molecule has 0 radical (unpaired) electrons. The van der Waals surface area contributed by atoms with E-state index in [9.17, 15) is 0 Å². The fraction of sp³-hybridized carbons (Fsp3) is 0.733. The van der Waals surface area contributed by atoms with Gasteiger partial charge in [0, 0.05) is 32.4 Å². The summed E-state index contributed by atoms with van der Waals surface area (Å²) in [6, 6.07) is 2.00. The molecule has 1 aromatic rings. The van der Waals surface area contributed by atoms with Crippen LogP contribution in [0, 0.1) is 5.92 Å². The molecule has 1 heterocycles. The quantitative estimate of drug-likeness (QED) is 0.751. The zero-order valence-corrected chi connectivity index (χ0v) is 13.6. The maximum absolute atomic E-state index is 4.63. The van der Waals surface area contributed by atoms with Crippen LogP contribution in [0.3, 0.4) is 0 Å². The number of nitrogens with one attached hydrogen (secondary N) is 1. The summed E-state index contributed by atoms with van der Waals surface area (Å²) in [5, 5.41) is 3.25. The fourth-order valence-corrected chi connectivity index (χ4v) is 1.91. The van der Waals surface area contributed by atoms with Crippen LogP contribution in [0.4, 0.5) is 11.8 Å². The van der Waals surface area contributed by atoms with Gasteiger partial charge in [-0.15, -0.1) is 0 Å². The highest BCUT2D eigenvalue weighted by atomic mass is 15.2. The van der Waals surface area contributed by atoms with Crippen LogP contribution in [0.1, 0.15) is 27.2 Å². The van der Waals surface area contributed by atoms with Crippen molar-refractivity contribution in [2.24, 2.45) is 5.92 Å². The molecule has 1 aromatic heterocycles. The van der Waals surface area contributed by atoms with Gasteiger partial charge in [0.05, 0.1) is 0 Å². The molecule has 114 valence electrons. The Bertz CT molecular complexity index is 378. The Labute approximate surface area is 123 Å². The third-order valence-corrected chi connectivity index (χ3v) is 2.90. The number of nitrogens with zero attached hydrogens (tertiary/aromatic N) is 4. The molecular weight excluding hydrogens is 250 g/mol. The Balaban J connectivity index is 2.77. The second-order valence-electron chi connectivity index (χ2n) is 5.81. The summed E-state index contributed by atoms with van der Waals surface area (Å²) in [6.45, 7) is 10.5. The number of likely N-dealkylation sites (N-methyl/N-ethyl adjacent to an activating group) is 1. The van der Waals surface area contributed by atoms with Gasteiger partial charge in [-0.05, 0) is 32.5 Å². The average molecular weight is 279 g/mol. The van der Waals surface area contributed by atoms with E-state index < -0.39 is 0 Å². The molecule has 0 aliphatic rings. The van der Waals surface area contributed by atoms with Gasteiger partial charge < -0.3 is 15.1 Å². The molecular formula is C15H29N5. The van der Waals surface area contributed by atoms with Gasteiger partial charge in [-0.3, -0.25) is 0 Å². The van der Waals surface area contributed by atoms with Crippen LogP contribution in [-0.2, 0) is 0 Å². The summed E-state index contributed by atoms with van der Waals surface area (Å²) in [5.74, 6) is 2.34. The zero-order chi connectivity index (χ0) is 15.0. The Morgan fingerprint density at radius 2 is 2.00 bits per heavy atom. The van der Waals surface area contributed by atoms with Gasteiger partial charge in [-0.2, -0.15) is 4.98 Å². The van der Waals surface area contributed by atoms with Crippen molar-refractivity contribution in [2.75, 3.05) is 50.5 Å². The summed E-state index contributed by atoms with van der Waals surface area (Å²) >= 11 is 0. The van der Waals surface area contributed by atoms with E-state index in [4.69, 9.17) is 0 Å². The van der Waals surface area contributed by atoms with Crippen LogP contribution in [0.2, 0.25) is 0 Å². The minimum atomic E-state index is 0.610. The summed E-state index contributed by atoms with van der Waals surface area (Å²) < 4.78 is 0. The normalized spacial score (nSPS) is 11.2. The van der Waals surface area contributed by atoms with Crippen molar-refractivity contribution in [3.8, 4) is 0 Å². The smallest absolute Gasteiger partial charge is 0.224 e. The van der Waals surface area contributed by atoms with E-state index in [2.05, 4.69) is 60.0 Å². The highest BCUT2D eigenvalue weighted by Gasteiger charge is 2.11. The highest BCUT2D eigenvalue weighted by molar-refractivity contribution is 5.42. The largest absolute Gasteiger partial charge is 0.355 e. The minimum absolute atomic E-state index is 0.610. The first-order valence-corrected chi connectivity index (χ1v) is 7.49. The van der Waals surface area contributed by atoms with Crippen molar-refractivity contribution in [1.82, 2.24) is 14.9 Å². The molecule has 0 aromatic carbocycles. The van der Waals surface area contributed by atoms with Crippen LogP contribution in [0.5, 0.6) is 0 Å². The standard InChI is InChI=1S/C15H29N5/c1-6-8-16-15-17-9-7-14(18-15)20(12-13(2)3)11-10-19(4)5/h7,9,13H,6,8,10-12H2,1-5H3,(H,16,17,18). The molecule has 0 aliphatic heterocycles. The maximum atomic E-state index is 4.63. The number of aromatic nitrogens is 2. The predicted molar refractivity (Wildman–Crippen MR) is 86.4 cm³/mol. The van der Waals surface area contributed by atoms with Gasteiger partial charge in [0.25, 0.3) is 0 Å². The topological polar surface area (TPSA) is 44.3 Å². The molecule has 0 amide bonds. The maximum Gasteiger partial charge on any atom is 0.224 e. The molecule has 5 nitrogen and oxygen atoms in total. The van der Waals surface area contributed by atoms with Crippen molar-refractivity contribution in [2.45, 2.75) is 27.2 Å². The Hall–Kier alpha value is -1.36. The van der Waals surface area contributed by atoms with E-state index in [0.29, 0.717) is 5.92 Å². The Kier molecular flexibility index (Phi) is 7.30. The van der Waals surface area contributed by atoms with Crippen molar-refractivity contribution in [3.63, 3.8) is 0 Å². The molecule has 5 heteroatoms. The molecule has 0 atom stereocenters. The molecule has 0 saturated carbocycles. The number of hydrogen-bond donors (Lipinski definition) is 1. The molecule has 0 bridgehead atoms. The lowest BCUT2D eigenvalue weighted by molar-refractivity contribution is 0.408. The summed E-state index contributed by atoms with van der Waals surface area (Å²) in [7, 11) is 4.20. The summed E-state index contributed by atoms with van der Waals surface area (Å²) in [6.07, 6.45) is 2.91. The van der Waals surface area contributed by atoms with Crippen LogP contribution < -0.4 is 10.2 Å². The lowest BCUT2D eigenvalue weighted by Gasteiger charge is -2.27. The molecule has 0 saturated heterocycles. The first kappa shape index (κ1) is 16.7. The number of rotatable bonds is 9. The molecule has 0 unspecified atom stereocenters. The van der Waals surface area contributed by atoms with Crippen molar-refractivity contribution in [1.29, 1.82) is 0 Å². The number of anilines is 2. The first-order valence-electron chi connectivity index (χ1n) is 7.49. The van der Waals surface area contributed by atoms with E-state index in [1.807, 2.05) is 12.3 Å². The zero-order valence-electron chi connectivity index (χ0n) is 13.6. The molecule has 20 heavy (non-hydrogen) atoms. The van der Waals surface area contributed by atoms with Gasteiger partial charge in [0.15, 0.2) is 0 Å². The van der Waals surface area contributed by atoms with E-state index in [1.54, 1.807) is 0 Å². The van der Waals surface area contributed by atoms with Gasteiger partial charge in [-0.1, -0.05) is 20.8 Å². The Morgan fingerprint density at radius 3 is 2.60 bits per heavy atom. The van der Waals surface area contributed by atoms with Gasteiger partial charge >= 0.3 is 0 Å². The van der Waals surface area contributed by atoms with Crippen LogP contribution >= 0.6 is 0 Å². The second kappa shape index (κ2) is 8.74. The lowest BCUT2D eigenvalue weighted by atomic mass is 10.2. The van der Waals surface area contributed by atoms with E-state index in [-0.39, 0.29) is 0 Å². The third kappa shape index (κ3) is 6.19. The second-order valence-corrected chi connectivity index (χ2v) is 5.81. The summed E-state index contributed by atoms with van der Waals surface area (Å²) in [4.78, 5) is 13.4. The van der Waals surface area contributed by atoms with E-state index in [1.165, 1.54) is 0 Å². The van der Waals surface area contributed by atoms with Crippen LogP contribution in [0.15, 0.2) is 12.3 Å². The van der Waals surface area contributed by atoms with Crippen molar-refractivity contribution >= 4 is 11.8 Å². The van der Waals surface area contributed by atoms with Gasteiger partial charge in [0.2, 0.25) is 5.95 Å². The SMILES string of the molecule is CCCNc1nccc(N(CCN(C)C)CC(C)C)n1. The van der Waals surface area contributed by atoms with Crippen molar-refractivity contribution in [3.05, 3.63) is 12.3 Å². The molecule has 0 spiro atoms. The average Bonchev–Trinajstić information content (AvgIpc) is 2.41. The molecule has 1 N–H and O–H groups in total. The van der Waals surface area contributed by atoms with Gasteiger partial charge in [-0.25, -0.2) is 4.98 Å². The fourth-order valence-electron chi connectivity index (χ4n) is 1.91. The third-order valence-electron chi connectivity index (χ3n) is 2.90. The first-order chi connectivity index (χ1) is 9.52. The number of hydrogen-bond acceptors (Lipinski definition) is 5.